The van der Waals surface area contributed by atoms with E-state index >= 15 is 0 Å². The summed E-state index contributed by atoms with van der Waals surface area (Å²) in [6.45, 7) is 0. The van der Waals surface area contributed by atoms with E-state index in [9.17, 15) is 9.59 Å². The maximum absolute atomic E-state index is 12.6. The van der Waals surface area contributed by atoms with Crippen LogP contribution in [-0.2, 0) is 4.79 Å². The van der Waals surface area contributed by atoms with Crippen LogP contribution < -0.4 is 19.7 Å². The van der Waals surface area contributed by atoms with E-state index < -0.39 is 0 Å². The number of nitrogens with zero attached hydrogens (tertiary/aromatic N) is 1. The fourth-order valence-corrected chi connectivity index (χ4v) is 4.59. The maximum atomic E-state index is 12.6. The lowest BCUT2D eigenvalue weighted by molar-refractivity contribution is -0.115. The lowest BCUT2D eigenvalue weighted by atomic mass is 10.1. The Morgan fingerprint density at radius 1 is 0.968 bits per heavy atom. The molecule has 1 aliphatic heterocycles. The average molecular weight is 435 g/mol. The number of anilines is 2. The SMILES string of the molecule is COc1ccc(C(=O)Nc2cccc([C@@H]3SCC(=O)N3c3cccc(OC)c3)c2)cc1. The van der Waals surface area contributed by atoms with Gasteiger partial charge in [0.1, 0.15) is 16.9 Å². The van der Waals surface area contributed by atoms with Crippen LogP contribution in [0.15, 0.2) is 72.8 Å². The molecule has 1 fully saturated rings. The molecule has 0 spiro atoms. The number of amides is 2. The molecule has 3 aromatic carbocycles. The molecule has 1 aliphatic rings. The van der Waals surface area contributed by atoms with Crippen LogP contribution in [0.1, 0.15) is 21.3 Å². The monoisotopic (exact) mass is 434 g/mol. The number of rotatable bonds is 6. The summed E-state index contributed by atoms with van der Waals surface area (Å²) in [4.78, 5) is 27.0. The minimum atomic E-state index is -0.209. The number of hydrogen-bond donors (Lipinski definition) is 1. The van der Waals surface area contributed by atoms with Crippen LogP contribution in [0.4, 0.5) is 11.4 Å². The first-order valence-electron chi connectivity index (χ1n) is 9.72. The second-order valence-electron chi connectivity index (χ2n) is 6.94. The van der Waals surface area contributed by atoms with Crippen LogP contribution in [0.3, 0.4) is 0 Å². The molecule has 3 aromatic rings. The minimum Gasteiger partial charge on any atom is -0.497 e. The van der Waals surface area contributed by atoms with E-state index in [1.165, 1.54) is 0 Å². The molecule has 158 valence electrons. The Bertz CT molecular complexity index is 1100. The summed E-state index contributed by atoms with van der Waals surface area (Å²) in [7, 11) is 3.19. The van der Waals surface area contributed by atoms with E-state index in [-0.39, 0.29) is 17.2 Å². The molecular formula is C24H22N2O4S. The Morgan fingerprint density at radius 2 is 1.71 bits per heavy atom. The van der Waals surface area contributed by atoms with Gasteiger partial charge in [0.15, 0.2) is 0 Å². The molecule has 0 aromatic heterocycles. The van der Waals surface area contributed by atoms with Crippen molar-refractivity contribution >= 4 is 35.0 Å². The Hall–Kier alpha value is -3.45. The highest BCUT2D eigenvalue weighted by atomic mass is 32.2. The maximum Gasteiger partial charge on any atom is 0.255 e. The molecule has 0 aliphatic carbocycles. The van der Waals surface area contributed by atoms with Crippen LogP contribution in [0.5, 0.6) is 11.5 Å². The molecule has 6 nitrogen and oxygen atoms in total. The zero-order valence-corrected chi connectivity index (χ0v) is 18.0. The molecule has 2 amide bonds. The quantitative estimate of drug-likeness (QED) is 0.607. The molecule has 0 saturated carbocycles. The van der Waals surface area contributed by atoms with Crippen LogP contribution in [-0.4, -0.2) is 31.8 Å². The zero-order chi connectivity index (χ0) is 21.8. The van der Waals surface area contributed by atoms with Crippen molar-refractivity contribution in [2.24, 2.45) is 0 Å². The van der Waals surface area contributed by atoms with E-state index in [0.29, 0.717) is 28.5 Å². The van der Waals surface area contributed by atoms with Gasteiger partial charge in [-0.1, -0.05) is 18.2 Å². The van der Waals surface area contributed by atoms with E-state index in [2.05, 4.69) is 5.32 Å². The van der Waals surface area contributed by atoms with Gasteiger partial charge in [-0.2, -0.15) is 0 Å². The van der Waals surface area contributed by atoms with Gasteiger partial charge < -0.3 is 14.8 Å². The summed E-state index contributed by atoms with van der Waals surface area (Å²) in [6, 6.07) is 22.0. The predicted octanol–water partition coefficient (Wildman–Crippen LogP) is 4.73. The lowest BCUT2D eigenvalue weighted by Crippen LogP contribution is -2.27. The van der Waals surface area contributed by atoms with Crippen molar-refractivity contribution in [3.63, 3.8) is 0 Å². The standard InChI is InChI=1S/C24H22N2O4S/c1-29-20-11-9-16(10-12-20)23(28)25-18-6-3-5-17(13-18)24-26(22(27)15-31-24)19-7-4-8-21(14-19)30-2/h3-14,24H,15H2,1-2H3,(H,25,28)/t24-/m0/s1. The van der Waals surface area contributed by atoms with Crippen molar-refractivity contribution in [1.82, 2.24) is 0 Å². The van der Waals surface area contributed by atoms with Gasteiger partial charge >= 0.3 is 0 Å². The van der Waals surface area contributed by atoms with E-state index in [1.807, 2.05) is 48.5 Å². The highest BCUT2D eigenvalue weighted by Crippen LogP contribution is 2.42. The molecule has 31 heavy (non-hydrogen) atoms. The summed E-state index contributed by atoms with van der Waals surface area (Å²) in [5.74, 6) is 1.61. The van der Waals surface area contributed by atoms with Crippen molar-refractivity contribution in [2.75, 3.05) is 30.2 Å². The fourth-order valence-electron chi connectivity index (χ4n) is 3.43. The van der Waals surface area contributed by atoms with Gasteiger partial charge in [-0.3, -0.25) is 14.5 Å². The number of nitrogens with one attached hydrogen (secondary N) is 1. The molecule has 0 radical (unpaired) electrons. The van der Waals surface area contributed by atoms with Gasteiger partial charge in [0.05, 0.1) is 20.0 Å². The topological polar surface area (TPSA) is 67.9 Å². The molecular weight excluding hydrogens is 412 g/mol. The van der Waals surface area contributed by atoms with Crippen LogP contribution >= 0.6 is 11.8 Å². The Kier molecular flexibility index (Phi) is 6.13. The Balaban J connectivity index is 1.56. The second-order valence-corrected chi connectivity index (χ2v) is 8.01. The highest BCUT2D eigenvalue weighted by Gasteiger charge is 2.34. The molecule has 4 rings (SSSR count). The minimum absolute atomic E-state index is 0.0379. The van der Waals surface area contributed by atoms with Gasteiger partial charge in [0.25, 0.3) is 5.91 Å². The van der Waals surface area contributed by atoms with Crippen molar-refractivity contribution < 1.29 is 19.1 Å². The van der Waals surface area contributed by atoms with Crippen molar-refractivity contribution in [3.05, 3.63) is 83.9 Å². The number of methoxy groups -OCH3 is 2. The second kappa shape index (κ2) is 9.14. The van der Waals surface area contributed by atoms with Gasteiger partial charge in [-0.25, -0.2) is 0 Å². The summed E-state index contributed by atoms with van der Waals surface area (Å²) in [6.07, 6.45) is 0. The van der Waals surface area contributed by atoms with E-state index in [1.54, 1.807) is 55.1 Å². The lowest BCUT2D eigenvalue weighted by Gasteiger charge is -2.25. The third kappa shape index (κ3) is 4.51. The molecule has 0 bridgehead atoms. The first kappa shape index (κ1) is 20.8. The molecule has 1 heterocycles. The molecule has 7 heteroatoms. The van der Waals surface area contributed by atoms with Crippen LogP contribution in [0, 0.1) is 0 Å². The summed E-state index contributed by atoms with van der Waals surface area (Å²) in [5.41, 5.74) is 2.93. The summed E-state index contributed by atoms with van der Waals surface area (Å²) >= 11 is 1.56. The van der Waals surface area contributed by atoms with Crippen molar-refractivity contribution in [2.45, 2.75) is 5.37 Å². The first-order valence-corrected chi connectivity index (χ1v) is 10.8. The normalized spacial score (nSPS) is 15.6. The largest absolute Gasteiger partial charge is 0.497 e. The van der Waals surface area contributed by atoms with Gasteiger partial charge in [0.2, 0.25) is 5.91 Å². The zero-order valence-electron chi connectivity index (χ0n) is 17.2. The number of thioether (sulfide) groups is 1. The van der Waals surface area contributed by atoms with Crippen molar-refractivity contribution in [1.29, 1.82) is 0 Å². The van der Waals surface area contributed by atoms with Gasteiger partial charge in [-0.05, 0) is 54.1 Å². The van der Waals surface area contributed by atoms with Crippen molar-refractivity contribution in [3.8, 4) is 11.5 Å². The highest BCUT2D eigenvalue weighted by molar-refractivity contribution is 8.00. The van der Waals surface area contributed by atoms with E-state index in [0.717, 1.165) is 11.3 Å². The van der Waals surface area contributed by atoms with E-state index in [4.69, 9.17) is 9.47 Å². The molecule has 0 unspecified atom stereocenters. The molecule has 1 saturated heterocycles. The predicted molar refractivity (Wildman–Crippen MR) is 123 cm³/mol. The van der Waals surface area contributed by atoms with Crippen LogP contribution in [0.25, 0.3) is 0 Å². The van der Waals surface area contributed by atoms with Crippen LogP contribution in [0.2, 0.25) is 0 Å². The van der Waals surface area contributed by atoms with Gasteiger partial charge in [0, 0.05) is 23.0 Å². The Morgan fingerprint density at radius 3 is 2.45 bits per heavy atom. The first-order chi connectivity index (χ1) is 15.1. The third-order valence-corrected chi connectivity index (χ3v) is 6.19. The number of carbonyl (C=O) groups is 2. The fraction of sp³-hybridized carbons (Fsp3) is 0.167. The average Bonchev–Trinajstić information content (AvgIpc) is 3.20. The molecule has 1 atom stereocenters. The smallest absolute Gasteiger partial charge is 0.255 e. The number of ether oxygens (including phenoxy) is 2. The Labute approximate surface area is 185 Å². The number of benzene rings is 3. The molecule has 1 N–H and O–H groups in total. The number of hydrogen-bond acceptors (Lipinski definition) is 5. The van der Waals surface area contributed by atoms with Gasteiger partial charge in [-0.15, -0.1) is 11.8 Å². The summed E-state index contributed by atoms with van der Waals surface area (Å²) in [5, 5.41) is 2.75. The third-order valence-electron chi connectivity index (χ3n) is 4.98. The summed E-state index contributed by atoms with van der Waals surface area (Å²) < 4.78 is 10.4. The number of carbonyl (C=O) groups excluding carboxylic acids is 2.